The van der Waals surface area contributed by atoms with Crippen LogP contribution in [-0.4, -0.2) is 6.54 Å². The minimum Gasteiger partial charge on any atom is -0.330 e. The van der Waals surface area contributed by atoms with Crippen molar-refractivity contribution in [3.63, 3.8) is 0 Å². The summed E-state index contributed by atoms with van der Waals surface area (Å²) >= 11 is 0. The van der Waals surface area contributed by atoms with Crippen LogP contribution in [-0.2, 0) is 6.42 Å². The topological polar surface area (TPSA) is 26.0 Å². The number of fused-ring (bicyclic) bond motifs is 1. The predicted octanol–water partition coefficient (Wildman–Crippen LogP) is 3.01. The molecule has 15 heavy (non-hydrogen) atoms. The fourth-order valence-corrected chi connectivity index (χ4v) is 2.83. The van der Waals surface area contributed by atoms with Gasteiger partial charge in [0, 0.05) is 0 Å². The summed E-state index contributed by atoms with van der Waals surface area (Å²) in [7, 11) is 0. The van der Waals surface area contributed by atoms with E-state index in [9.17, 15) is 0 Å². The van der Waals surface area contributed by atoms with Gasteiger partial charge in [0.15, 0.2) is 0 Å². The highest BCUT2D eigenvalue weighted by molar-refractivity contribution is 5.42. The summed E-state index contributed by atoms with van der Waals surface area (Å²) in [5.74, 6) is 0.652. The Kier molecular flexibility index (Phi) is 2.59. The normalized spacial score (nSPS) is 20.4. The number of rotatable bonds is 2. The molecule has 2 N–H and O–H groups in total. The Morgan fingerprint density at radius 3 is 2.80 bits per heavy atom. The van der Waals surface area contributed by atoms with Gasteiger partial charge in [0.25, 0.3) is 0 Å². The van der Waals surface area contributed by atoms with E-state index in [0.717, 1.165) is 6.54 Å². The third kappa shape index (κ3) is 1.69. The van der Waals surface area contributed by atoms with Crippen molar-refractivity contribution in [2.75, 3.05) is 6.54 Å². The summed E-state index contributed by atoms with van der Waals surface area (Å²) in [6.07, 6.45) is 2.50. The molecule has 1 aliphatic rings. The van der Waals surface area contributed by atoms with Crippen LogP contribution in [0.4, 0.5) is 0 Å². The van der Waals surface area contributed by atoms with Crippen molar-refractivity contribution >= 4 is 0 Å². The number of benzene rings is 1. The average Bonchev–Trinajstić information content (AvgIpc) is 2.63. The maximum Gasteiger partial charge on any atom is -0.00200 e. The highest BCUT2D eigenvalue weighted by Gasteiger charge is 2.35. The van der Waals surface area contributed by atoms with Crippen molar-refractivity contribution in [2.45, 2.75) is 39.5 Å². The highest BCUT2D eigenvalue weighted by atomic mass is 14.6. The zero-order valence-corrected chi connectivity index (χ0v) is 10.0. The molecule has 0 aliphatic heterocycles. The SMILES string of the molecule is Cc1cccc2c1C(C(C)(C)CN)CC2. The number of nitrogens with two attached hydrogens (primary N) is 1. The Labute approximate surface area is 92.7 Å². The molecular formula is C14H21N. The van der Waals surface area contributed by atoms with Crippen LogP contribution in [0.2, 0.25) is 0 Å². The summed E-state index contributed by atoms with van der Waals surface area (Å²) in [5.41, 5.74) is 10.7. The summed E-state index contributed by atoms with van der Waals surface area (Å²) in [6, 6.07) is 6.67. The van der Waals surface area contributed by atoms with Gasteiger partial charge in [-0.25, -0.2) is 0 Å². The van der Waals surface area contributed by atoms with Crippen LogP contribution in [0.3, 0.4) is 0 Å². The van der Waals surface area contributed by atoms with Crippen molar-refractivity contribution in [3.8, 4) is 0 Å². The average molecular weight is 203 g/mol. The van der Waals surface area contributed by atoms with E-state index in [1.54, 1.807) is 11.1 Å². The highest BCUT2D eigenvalue weighted by Crippen LogP contribution is 2.45. The van der Waals surface area contributed by atoms with Crippen LogP contribution in [0.5, 0.6) is 0 Å². The first-order valence-corrected chi connectivity index (χ1v) is 5.84. The van der Waals surface area contributed by atoms with Gasteiger partial charge in [-0.1, -0.05) is 32.0 Å². The molecule has 0 spiro atoms. The monoisotopic (exact) mass is 203 g/mol. The van der Waals surface area contributed by atoms with E-state index in [-0.39, 0.29) is 5.41 Å². The largest absolute Gasteiger partial charge is 0.330 e. The van der Waals surface area contributed by atoms with E-state index in [1.807, 2.05) is 0 Å². The fraction of sp³-hybridized carbons (Fsp3) is 0.571. The van der Waals surface area contributed by atoms with E-state index >= 15 is 0 Å². The Balaban J connectivity index is 2.44. The lowest BCUT2D eigenvalue weighted by atomic mass is 9.74. The zero-order valence-electron chi connectivity index (χ0n) is 10.0. The molecule has 0 radical (unpaired) electrons. The van der Waals surface area contributed by atoms with Gasteiger partial charge in [0.2, 0.25) is 0 Å². The first kappa shape index (κ1) is 10.7. The second kappa shape index (κ2) is 3.64. The lowest BCUT2D eigenvalue weighted by molar-refractivity contribution is 0.294. The Morgan fingerprint density at radius 2 is 2.13 bits per heavy atom. The minimum atomic E-state index is 0.233. The summed E-state index contributed by atoms with van der Waals surface area (Å²) in [4.78, 5) is 0. The molecule has 1 heteroatoms. The number of hydrogen-bond donors (Lipinski definition) is 1. The molecule has 0 saturated carbocycles. The van der Waals surface area contributed by atoms with Crippen molar-refractivity contribution in [1.82, 2.24) is 0 Å². The van der Waals surface area contributed by atoms with Gasteiger partial charge in [-0.05, 0) is 54.3 Å². The Bertz CT molecular complexity index is 366. The van der Waals surface area contributed by atoms with Crippen molar-refractivity contribution < 1.29 is 0 Å². The van der Waals surface area contributed by atoms with E-state index in [4.69, 9.17) is 5.73 Å². The third-order valence-electron chi connectivity index (χ3n) is 3.93. The Hall–Kier alpha value is -0.820. The molecule has 1 aliphatic carbocycles. The molecule has 1 nitrogen and oxygen atoms in total. The van der Waals surface area contributed by atoms with Crippen LogP contribution >= 0.6 is 0 Å². The molecule has 0 saturated heterocycles. The Morgan fingerprint density at radius 1 is 1.40 bits per heavy atom. The maximum atomic E-state index is 5.89. The molecule has 0 aromatic heterocycles. The van der Waals surface area contributed by atoms with Gasteiger partial charge < -0.3 is 5.73 Å². The van der Waals surface area contributed by atoms with Gasteiger partial charge >= 0.3 is 0 Å². The summed E-state index contributed by atoms with van der Waals surface area (Å²) in [5, 5.41) is 0. The van der Waals surface area contributed by atoms with Gasteiger partial charge in [-0.15, -0.1) is 0 Å². The molecule has 1 aromatic carbocycles. The lowest BCUT2D eigenvalue weighted by Gasteiger charge is -2.31. The number of aryl methyl sites for hydroxylation is 2. The molecule has 0 heterocycles. The standard InChI is InChI=1S/C14H21N/c1-10-5-4-6-11-7-8-12(13(10)11)14(2,3)9-15/h4-6,12H,7-9,15H2,1-3H3. The van der Waals surface area contributed by atoms with Crippen LogP contribution < -0.4 is 5.73 Å². The van der Waals surface area contributed by atoms with E-state index in [2.05, 4.69) is 39.0 Å². The van der Waals surface area contributed by atoms with Gasteiger partial charge in [-0.2, -0.15) is 0 Å². The van der Waals surface area contributed by atoms with Gasteiger partial charge in [-0.3, -0.25) is 0 Å². The van der Waals surface area contributed by atoms with Crippen molar-refractivity contribution in [1.29, 1.82) is 0 Å². The van der Waals surface area contributed by atoms with Crippen molar-refractivity contribution in [2.24, 2.45) is 11.1 Å². The molecule has 82 valence electrons. The van der Waals surface area contributed by atoms with E-state index in [0.29, 0.717) is 5.92 Å². The van der Waals surface area contributed by atoms with Crippen LogP contribution in [0.25, 0.3) is 0 Å². The molecular weight excluding hydrogens is 182 g/mol. The number of hydrogen-bond acceptors (Lipinski definition) is 1. The minimum absolute atomic E-state index is 0.233. The fourth-order valence-electron chi connectivity index (χ4n) is 2.83. The van der Waals surface area contributed by atoms with E-state index in [1.165, 1.54) is 18.4 Å². The first-order valence-electron chi connectivity index (χ1n) is 5.84. The molecule has 0 fully saturated rings. The summed E-state index contributed by atoms with van der Waals surface area (Å²) < 4.78 is 0. The predicted molar refractivity (Wildman–Crippen MR) is 65.1 cm³/mol. The van der Waals surface area contributed by atoms with E-state index < -0.39 is 0 Å². The molecule has 0 amide bonds. The molecule has 0 bridgehead atoms. The second-order valence-electron chi connectivity index (χ2n) is 5.43. The smallest absolute Gasteiger partial charge is 0.00200 e. The quantitative estimate of drug-likeness (QED) is 0.785. The zero-order chi connectivity index (χ0) is 11.1. The van der Waals surface area contributed by atoms with Crippen LogP contribution in [0.15, 0.2) is 18.2 Å². The molecule has 1 unspecified atom stereocenters. The van der Waals surface area contributed by atoms with Crippen LogP contribution in [0, 0.1) is 12.3 Å². The summed E-state index contributed by atoms with van der Waals surface area (Å²) in [6.45, 7) is 7.58. The van der Waals surface area contributed by atoms with Gasteiger partial charge in [0.05, 0.1) is 0 Å². The third-order valence-corrected chi connectivity index (χ3v) is 3.93. The second-order valence-corrected chi connectivity index (χ2v) is 5.43. The molecule has 1 aromatic rings. The lowest BCUT2D eigenvalue weighted by Crippen LogP contribution is -2.30. The van der Waals surface area contributed by atoms with Gasteiger partial charge in [0.1, 0.15) is 0 Å². The molecule has 1 atom stereocenters. The first-order chi connectivity index (χ1) is 7.06. The maximum absolute atomic E-state index is 5.89. The molecule has 2 rings (SSSR count). The van der Waals surface area contributed by atoms with Crippen molar-refractivity contribution in [3.05, 3.63) is 34.9 Å². The van der Waals surface area contributed by atoms with Crippen LogP contribution in [0.1, 0.15) is 42.9 Å².